The number of nitrogens with one attached hydrogen (secondary N) is 1. The molecule has 0 atom stereocenters. The molecule has 2 aromatic heterocycles. The number of hydrogen-bond acceptors (Lipinski definition) is 3. The Kier molecular flexibility index (Phi) is 4.79. The summed E-state index contributed by atoms with van der Waals surface area (Å²) in [6.07, 6.45) is 3.15. The lowest BCUT2D eigenvalue weighted by atomic mass is 10.1. The number of carbonyl (C=O) groups excluding carboxylic acids is 2. The molecular weight excluding hydrogens is 340 g/mol. The highest BCUT2D eigenvalue weighted by molar-refractivity contribution is 6.48. The van der Waals surface area contributed by atoms with Gasteiger partial charge < -0.3 is 9.88 Å². The predicted octanol–water partition coefficient (Wildman–Crippen LogP) is 3.79. The van der Waals surface area contributed by atoms with E-state index in [1.807, 2.05) is 19.2 Å². The SMILES string of the molecule is CC(C)Cn1cc(C(=O)C(=O)Nc2c(F)cccc2F)c2cccnc21. The Hall–Kier alpha value is -3.09. The number of Topliss-reactive ketones (excluding diaryl/α,β-unsaturated/α-hetero) is 1. The molecule has 1 N–H and O–H groups in total. The third-order valence-electron chi connectivity index (χ3n) is 3.85. The predicted molar refractivity (Wildman–Crippen MR) is 93.9 cm³/mol. The fourth-order valence-electron chi connectivity index (χ4n) is 2.75. The summed E-state index contributed by atoms with van der Waals surface area (Å²) in [5.41, 5.74) is 0.0762. The smallest absolute Gasteiger partial charge is 0.297 e. The number of benzene rings is 1. The number of para-hydroxylation sites is 1. The lowest BCUT2D eigenvalue weighted by Crippen LogP contribution is -2.24. The molecule has 0 aliphatic heterocycles. The molecule has 0 bridgehead atoms. The largest absolute Gasteiger partial charge is 0.331 e. The van der Waals surface area contributed by atoms with Crippen molar-refractivity contribution < 1.29 is 18.4 Å². The molecule has 0 saturated carbocycles. The number of amides is 1. The van der Waals surface area contributed by atoms with Crippen LogP contribution in [-0.2, 0) is 11.3 Å². The number of anilines is 1. The first-order valence-electron chi connectivity index (χ1n) is 8.12. The lowest BCUT2D eigenvalue weighted by molar-refractivity contribution is -0.112. The number of carbonyl (C=O) groups is 2. The zero-order chi connectivity index (χ0) is 18.8. The monoisotopic (exact) mass is 357 g/mol. The van der Waals surface area contributed by atoms with Crippen molar-refractivity contribution in [2.45, 2.75) is 20.4 Å². The van der Waals surface area contributed by atoms with Crippen LogP contribution in [0.1, 0.15) is 24.2 Å². The molecule has 0 aliphatic carbocycles. The van der Waals surface area contributed by atoms with E-state index < -0.39 is 29.0 Å². The summed E-state index contributed by atoms with van der Waals surface area (Å²) in [4.78, 5) is 29.1. The standard InChI is InChI=1S/C19H17F2N3O2/c1-11(2)9-24-10-13(12-5-4-8-22-18(12)24)17(25)19(26)23-16-14(20)6-3-7-15(16)21/h3-8,10-11H,9H2,1-2H3,(H,23,26). The number of halogens is 2. The van der Waals surface area contributed by atoms with Crippen LogP contribution < -0.4 is 5.32 Å². The van der Waals surface area contributed by atoms with Gasteiger partial charge in [0.2, 0.25) is 0 Å². The fourth-order valence-corrected chi connectivity index (χ4v) is 2.75. The molecule has 0 aliphatic rings. The number of rotatable bonds is 5. The van der Waals surface area contributed by atoms with E-state index in [1.165, 1.54) is 6.07 Å². The number of fused-ring (bicyclic) bond motifs is 1. The Balaban J connectivity index is 1.96. The molecule has 0 saturated heterocycles. The van der Waals surface area contributed by atoms with Gasteiger partial charge in [-0.15, -0.1) is 0 Å². The van der Waals surface area contributed by atoms with Gasteiger partial charge in [0.15, 0.2) is 0 Å². The molecule has 7 heteroatoms. The first kappa shape index (κ1) is 17.7. The summed E-state index contributed by atoms with van der Waals surface area (Å²) in [6.45, 7) is 4.65. The zero-order valence-corrected chi connectivity index (χ0v) is 14.3. The Labute approximate surface area is 148 Å². The van der Waals surface area contributed by atoms with Gasteiger partial charge >= 0.3 is 0 Å². The van der Waals surface area contributed by atoms with Crippen molar-refractivity contribution in [2.75, 3.05) is 5.32 Å². The van der Waals surface area contributed by atoms with E-state index in [-0.39, 0.29) is 5.56 Å². The van der Waals surface area contributed by atoms with E-state index in [0.717, 1.165) is 12.1 Å². The van der Waals surface area contributed by atoms with Gasteiger partial charge in [-0.25, -0.2) is 13.8 Å². The van der Waals surface area contributed by atoms with E-state index >= 15 is 0 Å². The van der Waals surface area contributed by atoms with Crippen LogP contribution in [0.5, 0.6) is 0 Å². The third kappa shape index (κ3) is 3.33. The maximum absolute atomic E-state index is 13.7. The van der Waals surface area contributed by atoms with Crippen molar-refractivity contribution in [3.8, 4) is 0 Å². The maximum atomic E-state index is 13.7. The minimum atomic E-state index is -1.11. The van der Waals surface area contributed by atoms with Gasteiger partial charge in [-0.3, -0.25) is 9.59 Å². The molecule has 1 amide bonds. The Morgan fingerprint density at radius 1 is 1.15 bits per heavy atom. The van der Waals surface area contributed by atoms with Crippen LogP contribution in [0.2, 0.25) is 0 Å². The van der Waals surface area contributed by atoms with Gasteiger partial charge in [0, 0.05) is 24.3 Å². The normalized spacial score (nSPS) is 11.1. The first-order valence-corrected chi connectivity index (χ1v) is 8.12. The quantitative estimate of drug-likeness (QED) is 0.558. The van der Waals surface area contributed by atoms with Crippen molar-refractivity contribution in [3.63, 3.8) is 0 Å². The average molecular weight is 357 g/mol. The second kappa shape index (κ2) is 7.03. The van der Waals surface area contributed by atoms with Gasteiger partial charge in [-0.05, 0) is 30.2 Å². The number of ketones is 1. The molecule has 0 spiro atoms. The molecule has 0 radical (unpaired) electrons. The van der Waals surface area contributed by atoms with Crippen LogP contribution in [0.25, 0.3) is 11.0 Å². The van der Waals surface area contributed by atoms with Crippen LogP contribution in [0, 0.1) is 17.6 Å². The van der Waals surface area contributed by atoms with Gasteiger partial charge in [-0.1, -0.05) is 19.9 Å². The van der Waals surface area contributed by atoms with Crippen molar-refractivity contribution in [2.24, 2.45) is 5.92 Å². The summed E-state index contributed by atoms with van der Waals surface area (Å²) < 4.78 is 29.2. The molecular formula is C19H17F2N3O2. The second-order valence-corrected chi connectivity index (χ2v) is 6.34. The van der Waals surface area contributed by atoms with Crippen molar-refractivity contribution in [1.82, 2.24) is 9.55 Å². The number of aromatic nitrogens is 2. The molecule has 5 nitrogen and oxygen atoms in total. The number of nitrogens with zero attached hydrogens (tertiary/aromatic N) is 2. The van der Waals surface area contributed by atoms with Gasteiger partial charge in [0.05, 0.1) is 5.56 Å². The molecule has 3 aromatic rings. The van der Waals surface area contributed by atoms with Crippen molar-refractivity contribution >= 4 is 28.4 Å². The minimum absolute atomic E-state index is 0.142. The van der Waals surface area contributed by atoms with E-state index in [0.29, 0.717) is 23.5 Å². The zero-order valence-electron chi connectivity index (χ0n) is 14.3. The highest BCUT2D eigenvalue weighted by atomic mass is 19.1. The van der Waals surface area contributed by atoms with Crippen LogP contribution in [0.4, 0.5) is 14.5 Å². The minimum Gasteiger partial charge on any atom is -0.331 e. The van der Waals surface area contributed by atoms with E-state index in [4.69, 9.17) is 0 Å². The second-order valence-electron chi connectivity index (χ2n) is 6.34. The summed E-state index contributed by atoms with van der Waals surface area (Å²) in [5.74, 6) is -3.59. The molecule has 134 valence electrons. The third-order valence-corrected chi connectivity index (χ3v) is 3.85. The molecule has 26 heavy (non-hydrogen) atoms. The molecule has 0 unspecified atom stereocenters. The van der Waals surface area contributed by atoms with E-state index in [1.54, 1.807) is 29.1 Å². The summed E-state index contributed by atoms with van der Waals surface area (Å²) >= 11 is 0. The van der Waals surface area contributed by atoms with Gasteiger partial charge in [-0.2, -0.15) is 0 Å². The van der Waals surface area contributed by atoms with Gasteiger partial charge in [0.25, 0.3) is 11.7 Å². The van der Waals surface area contributed by atoms with Crippen LogP contribution in [0.3, 0.4) is 0 Å². The fraction of sp³-hybridized carbons (Fsp3) is 0.211. The Morgan fingerprint density at radius 3 is 2.50 bits per heavy atom. The lowest BCUT2D eigenvalue weighted by Gasteiger charge is -2.07. The number of pyridine rings is 1. The van der Waals surface area contributed by atoms with Crippen LogP contribution in [-0.4, -0.2) is 21.2 Å². The molecule has 1 aromatic carbocycles. The highest BCUT2D eigenvalue weighted by Crippen LogP contribution is 2.23. The van der Waals surface area contributed by atoms with Crippen LogP contribution in [0.15, 0.2) is 42.7 Å². The topological polar surface area (TPSA) is 64.0 Å². The van der Waals surface area contributed by atoms with E-state index in [2.05, 4.69) is 4.98 Å². The Morgan fingerprint density at radius 2 is 1.85 bits per heavy atom. The molecule has 2 heterocycles. The summed E-state index contributed by atoms with van der Waals surface area (Å²) in [5, 5.41) is 2.54. The van der Waals surface area contributed by atoms with Crippen LogP contribution >= 0.6 is 0 Å². The van der Waals surface area contributed by atoms with Crippen molar-refractivity contribution in [1.29, 1.82) is 0 Å². The summed E-state index contributed by atoms with van der Waals surface area (Å²) in [7, 11) is 0. The summed E-state index contributed by atoms with van der Waals surface area (Å²) in [6, 6.07) is 6.52. The van der Waals surface area contributed by atoms with Gasteiger partial charge in [0.1, 0.15) is 23.0 Å². The van der Waals surface area contributed by atoms with E-state index in [9.17, 15) is 18.4 Å². The average Bonchev–Trinajstić information content (AvgIpc) is 2.95. The number of hydrogen-bond donors (Lipinski definition) is 1. The molecule has 0 fully saturated rings. The first-order chi connectivity index (χ1) is 12.4. The molecule has 3 rings (SSSR count). The Bertz CT molecular complexity index is 975. The van der Waals surface area contributed by atoms with Crippen molar-refractivity contribution in [3.05, 3.63) is 59.9 Å². The maximum Gasteiger partial charge on any atom is 0.297 e. The highest BCUT2D eigenvalue weighted by Gasteiger charge is 2.24.